The van der Waals surface area contributed by atoms with E-state index in [0.29, 0.717) is 38.9 Å². The maximum Gasteiger partial charge on any atom is 0.269 e. The van der Waals surface area contributed by atoms with Crippen LogP contribution in [0.2, 0.25) is 5.02 Å². The Balaban J connectivity index is 1.88. The Bertz CT molecular complexity index is 1310. The minimum atomic E-state index is -0.603. The summed E-state index contributed by atoms with van der Waals surface area (Å²) in [4.78, 5) is 23.3. The van der Waals surface area contributed by atoms with Crippen LogP contribution < -0.4 is 14.8 Å². The Morgan fingerprint density at radius 1 is 1.21 bits per heavy atom. The Morgan fingerprint density at radius 3 is 2.68 bits per heavy atom. The van der Waals surface area contributed by atoms with E-state index in [9.17, 15) is 20.2 Å². The van der Waals surface area contributed by atoms with Gasteiger partial charge in [0.15, 0.2) is 0 Å². The first kappa shape index (κ1) is 24.3. The fraction of sp³-hybridized carbons (Fsp3) is 0.120. The first-order chi connectivity index (χ1) is 16.3. The Morgan fingerprint density at radius 2 is 1.97 bits per heavy atom. The van der Waals surface area contributed by atoms with Crippen molar-refractivity contribution in [3.8, 4) is 17.6 Å². The van der Waals surface area contributed by atoms with Gasteiger partial charge in [-0.25, -0.2) is 0 Å². The molecule has 34 heavy (non-hydrogen) atoms. The van der Waals surface area contributed by atoms with Crippen molar-refractivity contribution in [1.82, 2.24) is 0 Å². The molecule has 0 atom stereocenters. The second kappa shape index (κ2) is 11.0. The summed E-state index contributed by atoms with van der Waals surface area (Å²) in [6, 6.07) is 18.0. The molecule has 3 aromatic carbocycles. The topological polar surface area (TPSA) is 114 Å². The van der Waals surface area contributed by atoms with Crippen molar-refractivity contribution in [3.05, 3.63) is 98.1 Å². The highest BCUT2D eigenvalue weighted by atomic mass is 35.5. The lowest BCUT2D eigenvalue weighted by molar-refractivity contribution is -0.384. The number of nitro benzene ring substituents is 1. The highest BCUT2D eigenvalue weighted by Gasteiger charge is 2.14. The average molecular weight is 478 g/mol. The van der Waals surface area contributed by atoms with Gasteiger partial charge in [-0.15, -0.1) is 0 Å². The first-order valence-electron chi connectivity index (χ1n) is 10.0. The summed E-state index contributed by atoms with van der Waals surface area (Å²) in [6.45, 7) is 1.79. The van der Waals surface area contributed by atoms with E-state index in [0.717, 1.165) is 0 Å². The second-order valence-electron chi connectivity index (χ2n) is 7.16. The van der Waals surface area contributed by atoms with Gasteiger partial charge in [0.05, 0.1) is 12.0 Å². The zero-order valence-corrected chi connectivity index (χ0v) is 19.1. The van der Waals surface area contributed by atoms with E-state index in [1.54, 1.807) is 55.5 Å². The van der Waals surface area contributed by atoms with Crippen LogP contribution in [-0.2, 0) is 11.4 Å². The van der Waals surface area contributed by atoms with Gasteiger partial charge < -0.3 is 14.8 Å². The van der Waals surface area contributed by atoms with Gasteiger partial charge in [0.25, 0.3) is 11.6 Å². The molecule has 0 saturated heterocycles. The molecule has 0 aliphatic carbocycles. The summed E-state index contributed by atoms with van der Waals surface area (Å²) >= 11 is 6.11. The Hall–Kier alpha value is -4.35. The molecule has 0 saturated carbocycles. The third-order valence-corrected chi connectivity index (χ3v) is 5.33. The van der Waals surface area contributed by atoms with Crippen molar-refractivity contribution in [3.63, 3.8) is 0 Å². The molecule has 0 radical (unpaired) electrons. The van der Waals surface area contributed by atoms with Crippen molar-refractivity contribution in [2.45, 2.75) is 13.5 Å². The Kier molecular flexibility index (Phi) is 7.85. The quantitative estimate of drug-likeness (QED) is 0.193. The monoisotopic (exact) mass is 477 g/mol. The molecule has 0 fully saturated rings. The van der Waals surface area contributed by atoms with Gasteiger partial charge >= 0.3 is 0 Å². The van der Waals surface area contributed by atoms with Crippen LogP contribution in [0.25, 0.3) is 6.08 Å². The summed E-state index contributed by atoms with van der Waals surface area (Å²) in [5.41, 5.74) is 2.02. The molecule has 0 aromatic heterocycles. The van der Waals surface area contributed by atoms with Gasteiger partial charge in [-0.1, -0.05) is 29.8 Å². The molecule has 0 aliphatic heterocycles. The van der Waals surface area contributed by atoms with Gasteiger partial charge in [-0.05, 0) is 48.4 Å². The molecule has 1 amide bonds. The van der Waals surface area contributed by atoms with Crippen molar-refractivity contribution in [2.75, 3.05) is 12.4 Å². The number of benzene rings is 3. The molecular weight excluding hydrogens is 458 g/mol. The number of amides is 1. The number of nitro groups is 1. The van der Waals surface area contributed by atoms with Gasteiger partial charge in [-0.3, -0.25) is 14.9 Å². The fourth-order valence-corrected chi connectivity index (χ4v) is 3.22. The molecule has 0 spiro atoms. The van der Waals surface area contributed by atoms with Crippen LogP contribution in [0.3, 0.4) is 0 Å². The lowest BCUT2D eigenvalue weighted by atomic mass is 10.1. The summed E-state index contributed by atoms with van der Waals surface area (Å²) in [7, 11) is 1.50. The van der Waals surface area contributed by atoms with Gasteiger partial charge in [0.2, 0.25) is 0 Å². The highest BCUT2D eigenvalue weighted by Crippen LogP contribution is 2.29. The molecule has 0 unspecified atom stereocenters. The number of methoxy groups -OCH3 is 1. The highest BCUT2D eigenvalue weighted by molar-refractivity contribution is 6.31. The molecule has 172 valence electrons. The molecule has 3 aromatic rings. The molecule has 0 aliphatic rings. The number of carbonyl (C=O) groups is 1. The van der Waals surface area contributed by atoms with Crippen LogP contribution in [0.5, 0.6) is 11.5 Å². The molecule has 0 heterocycles. The van der Waals surface area contributed by atoms with Crippen molar-refractivity contribution in [2.24, 2.45) is 0 Å². The van der Waals surface area contributed by atoms with E-state index in [1.165, 1.54) is 25.3 Å². The van der Waals surface area contributed by atoms with Crippen LogP contribution in [0.15, 0.2) is 66.2 Å². The van der Waals surface area contributed by atoms with Crippen LogP contribution in [0.1, 0.15) is 16.7 Å². The summed E-state index contributed by atoms with van der Waals surface area (Å²) in [5.74, 6) is 0.238. The second-order valence-corrected chi connectivity index (χ2v) is 7.56. The minimum absolute atomic E-state index is 0.0332. The number of hydrogen-bond acceptors (Lipinski definition) is 6. The number of non-ortho nitro benzene ring substituents is 1. The lowest BCUT2D eigenvalue weighted by Gasteiger charge is -2.12. The molecule has 8 nitrogen and oxygen atoms in total. The number of hydrogen-bond donors (Lipinski definition) is 1. The van der Waals surface area contributed by atoms with Crippen LogP contribution in [0.4, 0.5) is 11.4 Å². The maximum absolute atomic E-state index is 12.8. The number of nitriles is 1. The normalized spacial score (nSPS) is 10.8. The number of halogens is 1. The molecule has 1 N–H and O–H groups in total. The average Bonchev–Trinajstić information content (AvgIpc) is 2.84. The van der Waals surface area contributed by atoms with Crippen molar-refractivity contribution >= 4 is 35.0 Å². The van der Waals surface area contributed by atoms with Crippen LogP contribution in [-0.4, -0.2) is 17.9 Å². The third-order valence-electron chi connectivity index (χ3n) is 4.92. The van der Waals surface area contributed by atoms with Gasteiger partial charge in [0.1, 0.15) is 29.7 Å². The minimum Gasteiger partial charge on any atom is -0.497 e. The van der Waals surface area contributed by atoms with Crippen LogP contribution >= 0.6 is 11.6 Å². The van der Waals surface area contributed by atoms with Gasteiger partial charge in [-0.2, -0.15) is 5.26 Å². The number of anilines is 1. The van der Waals surface area contributed by atoms with E-state index < -0.39 is 10.8 Å². The summed E-state index contributed by atoms with van der Waals surface area (Å²) in [5, 5.41) is 23.8. The predicted octanol–water partition coefficient (Wildman–Crippen LogP) is 5.69. The first-order valence-corrected chi connectivity index (χ1v) is 10.4. The number of ether oxygens (including phenoxy) is 2. The van der Waals surface area contributed by atoms with Crippen molar-refractivity contribution < 1.29 is 19.2 Å². The maximum atomic E-state index is 12.8. The molecule has 0 bridgehead atoms. The zero-order valence-electron chi connectivity index (χ0n) is 18.4. The number of nitrogens with one attached hydrogen (secondary N) is 1. The SMILES string of the molecule is COc1ccc(/C=C(\C#N)C(=O)Nc2cccc(Cl)c2C)c(OCc2cccc([N+](=O)[O-])c2)c1. The van der Waals surface area contributed by atoms with E-state index in [1.807, 2.05) is 6.07 Å². The van der Waals surface area contributed by atoms with Gasteiger partial charge in [0, 0.05) is 34.5 Å². The van der Waals surface area contributed by atoms with E-state index in [-0.39, 0.29) is 17.9 Å². The summed E-state index contributed by atoms with van der Waals surface area (Å²) in [6.07, 6.45) is 1.40. The summed E-state index contributed by atoms with van der Waals surface area (Å²) < 4.78 is 11.1. The number of rotatable bonds is 8. The molecular formula is C25H20ClN3O5. The van der Waals surface area contributed by atoms with Crippen LogP contribution in [0, 0.1) is 28.4 Å². The fourth-order valence-electron chi connectivity index (χ4n) is 3.04. The Labute approximate surface area is 201 Å². The van der Waals surface area contributed by atoms with Crippen molar-refractivity contribution in [1.29, 1.82) is 5.26 Å². The van der Waals surface area contributed by atoms with E-state index >= 15 is 0 Å². The zero-order chi connectivity index (χ0) is 24.7. The third kappa shape index (κ3) is 5.91. The lowest BCUT2D eigenvalue weighted by Crippen LogP contribution is -2.14. The molecule has 3 rings (SSSR count). The van der Waals surface area contributed by atoms with E-state index in [2.05, 4.69) is 5.32 Å². The number of carbonyl (C=O) groups excluding carboxylic acids is 1. The number of nitrogens with zero attached hydrogens (tertiary/aromatic N) is 2. The predicted molar refractivity (Wildman–Crippen MR) is 129 cm³/mol. The van der Waals surface area contributed by atoms with E-state index in [4.69, 9.17) is 21.1 Å². The largest absolute Gasteiger partial charge is 0.497 e. The smallest absolute Gasteiger partial charge is 0.269 e. The standard InChI is InChI=1S/C25H20ClN3O5/c1-16-22(26)7-4-8-23(16)28-25(30)19(14-27)12-18-9-10-21(33-2)13-24(18)34-15-17-5-3-6-20(11-17)29(31)32/h3-13H,15H2,1-2H3,(H,28,30)/b19-12+. The molecule has 9 heteroatoms.